The standard InChI is InChI=1S/C10H23NS/c1-4-7-11(3)8-5-10(2)6-9-12/h10,12H,4-9H2,1-3H3. The van der Waals surface area contributed by atoms with Gasteiger partial charge in [-0.15, -0.1) is 0 Å². The molecule has 1 atom stereocenters. The summed E-state index contributed by atoms with van der Waals surface area (Å²) in [5.74, 6) is 1.86. The summed E-state index contributed by atoms with van der Waals surface area (Å²) >= 11 is 4.23. The summed E-state index contributed by atoms with van der Waals surface area (Å²) in [6.07, 6.45) is 3.83. The molecule has 2 heteroatoms. The highest BCUT2D eigenvalue weighted by Crippen LogP contribution is 2.08. The summed E-state index contributed by atoms with van der Waals surface area (Å²) < 4.78 is 0. The van der Waals surface area contributed by atoms with E-state index >= 15 is 0 Å². The Morgan fingerprint density at radius 1 is 1.25 bits per heavy atom. The molecule has 0 aromatic carbocycles. The summed E-state index contributed by atoms with van der Waals surface area (Å²) in [7, 11) is 2.21. The third-order valence-electron chi connectivity index (χ3n) is 2.23. The van der Waals surface area contributed by atoms with E-state index in [2.05, 4.69) is 38.4 Å². The molecule has 0 amide bonds. The van der Waals surface area contributed by atoms with Gasteiger partial charge in [0.2, 0.25) is 0 Å². The maximum atomic E-state index is 4.23. The molecule has 0 saturated heterocycles. The summed E-state index contributed by atoms with van der Waals surface area (Å²) in [5, 5.41) is 0. The van der Waals surface area contributed by atoms with Crippen molar-refractivity contribution in [1.82, 2.24) is 4.90 Å². The fraction of sp³-hybridized carbons (Fsp3) is 1.00. The van der Waals surface area contributed by atoms with Gasteiger partial charge in [0.1, 0.15) is 0 Å². The van der Waals surface area contributed by atoms with Crippen LogP contribution in [-0.4, -0.2) is 30.8 Å². The van der Waals surface area contributed by atoms with Crippen molar-refractivity contribution in [3.63, 3.8) is 0 Å². The fourth-order valence-electron chi connectivity index (χ4n) is 1.30. The predicted octanol–water partition coefficient (Wildman–Crippen LogP) is 2.67. The molecule has 0 spiro atoms. The van der Waals surface area contributed by atoms with Gasteiger partial charge < -0.3 is 4.90 Å². The number of hydrogen-bond acceptors (Lipinski definition) is 2. The molecule has 0 aliphatic carbocycles. The molecule has 1 unspecified atom stereocenters. The Morgan fingerprint density at radius 2 is 1.92 bits per heavy atom. The lowest BCUT2D eigenvalue weighted by Gasteiger charge is -2.17. The minimum Gasteiger partial charge on any atom is -0.306 e. The normalized spacial score (nSPS) is 13.8. The van der Waals surface area contributed by atoms with Crippen LogP contribution in [0.3, 0.4) is 0 Å². The molecule has 0 aliphatic rings. The molecule has 0 bridgehead atoms. The van der Waals surface area contributed by atoms with Gasteiger partial charge >= 0.3 is 0 Å². The number of nitrogens with zero attached hydrogens (tertiary/aromatic N) is 1. The third-order valence-corrected chi connectivity index (χ3v) is 2.49. The van der Waals surface area contributed by atoms with E-state index < -0.39 is 0 Å². The van der Waals surface area contributed by atoms with Gasteiger partial charge in [0, 0.05) is 0 Å². The molecule has 1 nitrogen and oxygen atoms in total. The first-order chi connectivity index (χ1) is 5.70. The molecular formula is C10H23NS. The topological polar surface area (TPSA) is 3.24 Å². The summed E-state index contributed by atoms with van der Waals surface area (Å²) in [5.41, 5.74) is 0. The maximum absolute atomic E-state index is 4.23. The average molecular weight is 189 g/mol. The van der Waals surface area contributed by atoms with Crippen LogP contribution in [-0.2, 0) is 0 Å². The first kappa shape index (κ1) is 12.3. The van der Waals surface area contributed by atoms with Gasteiger partial charge in [-0.3, -0.25) is 0 Å². The zero-order valence-electron chi connectivity index (χ0n) is 8.71. The molecule has 12 heavy (non-hydrogen) atoms. The molecular weight excluding hydrogens is 166 g/mol. The minimum absolute atomic E-state index is 0.835. The van der Waals surface area contributed by atoms with Crippen molar-refractivity contribution in [1.29, 1.82) is 0 Å². The quantitative estimate of drug-likeness (QED) is 0.603. The van der Waals surface area contributed by atoms with E-state index in [9.17, 15) is 0 Å². The fourth-order valence-corrected chi connectivity index (χ4v) is 1.74. The summed E-state index contributed by atoms with van der Waals surface area (Å²) in [4.78, 5) is 2.41. The number of thiol groups is 1. The average Bonchev–Trinajstić information content (AvgIpc) is 2.02. The van der Waals surface area contributed by atoms with Crippen molar-refractivity contribution >= 4 is 12.6 Å². The Kier molecular flexibility index (Phi) is 8.14. The largest absolute Gasteiger partial charge is 0.306 e. The van der Waals surface area contributed by atoms with Crippen LogP contribution in [0.4, 0.5) is 0 Å². The predicted molar refractivity (Wildman–Crippen MR) is 60.0 cm³/mol. The Morgan fingerprint density at radius 3 is 2.42 bits per heavy atom. The first-order valence-electron chi connectivity index (χ1n) is 5.00. The van der Waals surface area contributed by atoms with E-state index in [0.29, 0.717) is 0 Å². The van der Waals surface area contributed by atoms with Gasteiger partial charge in [-0.2, -0.15) is 12.6 Å². The van der Waals surface area contributed by atoms with Crippen LogP contribution in [0, 0.1) is 5.92 Å². The van der Waals surface area contributed by atoms with Gasteiger partial charge in [0.15, 0.2) is 0 Å². The highest BCUT2D eigenvalue weighted by Gasteiger charge is 2.02. The van der Waals surface area contributed by atoms with E-state index in [1.807, 2.05) is 0 Å². The van der Waals surface area contributed by atoms with Crippen LogP contribution in [0.15, 0.2) is 0 Å². The lowest BCUT2D eigenvalue weighted by Crippen LogP contribution is -2.22. The highest BCUT2D eigenvalue weighted by atomic mass is 32.1. The van der Waals surface area contributed by atoms with Gasteiger partial charge in [0.25, 0.3) is 0 Å². The molecule has 74 valence electrons. The van der Waals surface area contributed by atoms with Crippen LogP contribution in [0.25, 0.3) is 0 Å². The monoisotopic (exact) mass is 189 g/mol. The molecule has 0 aromatic heterocycles. The molecule has 0 radical (unpaired) electrons. The van der Waals surface area contributed by atoms with Crippen molar-refractivity contribution in [3.8, 4) is 0 Å². The lowest BCUT2D eigenvalue weighted by atomic mass is 10.1. The minimum atomic E-state index is 0.835. The summed E-state index contributed by atoms with van der Waals surface area (Å²) in [6.45, 7) is 7.01. The van der Waals surface area contributed by atoms with E-state index in [4.69, 9.17) is 0 Å². The molecule has 0 aliphatic heterocycles. The molecule has 0 rings (SSSR count). The molecule has 0 saturated carbocycles. The molecule has 0 fully saturated rings. The van der Waals surface area contributed by atoms with E-state index in [-0.39, 0.29) is 0 Å². The van der Waals surface area contributed by atoms with E-state index in [1.54, 1.807) is 0 Å². The van der Waals surface area contributed by atoms with E-state index in [0.717, 1.165) is 11.7 Å². The van der Waals surface area contributed by atoms with Gasteiger partial charge in [-0.1, -0.05) is 13.8 Å². The Hall–Kier alpha value is 0.310. The molecule has 0 heterocycles. The SMILES string of the molecule is CCCN(C)CCC(C)CCS. The van der Waals surface area contributed by atoms with Crippen LogP contribution >= 0.6 is 12.6 Å². The summed E-state index contributed by atoms with van der Waals surface area (Å²) in [6, 6.07) is 0. The Labute approximate surface area is 82.9 Å². The van der Waals surface area contributed by atoms with Gasteiger partial charge in [-0.05, 0) is 51.1 Å². The second-order valence-corrected chi connectivity index (χ2v) is 4.16. The second-order valence-electron chi connectivity index (χ2n) is 3.71. The smallest absolute Gasteiger partial charge is 0.00192 e. The first-order valence-corrected chi connectivity index (χ1v) is 5.63. The van der Waals surface area contributed by atoms with Crippen molar-refractivity contribution in [2.24, 2.45) is 5.92 Å². The zero-order chi connectivity index (χ0) is 9.40. The number of rotatable bonds is 7. The van der Waals surface area contributed by atoms with Crippen LogP contribution < -0.4 is 0 Å². The third kappa shape index (κ3) is 6.99. The molecule has 0 N–H and O–H groups in total. The van der Waals surface area contributed by atoms with Gasteiger partial charge in [0.05, 0.1) is 0 Å². The highest BCUT2D eigenvalue weighted by molar-refractivity contribution is 7.80. The van der Waals surface area contributed by atoms with Crippen molar-refractivity contribution in [3.05, 3.63) is 0 Å². The van der Waals surface area contributed by atoms with Crippen molar-refractivity contribution in [2.75, 3.05) is 25.9 Å². The Balaban J connectivity index is 3.27. The van der Waals surface area contributed by atoms with Gasteiger partial charge in [-0.25, -0.2) is 0 Å². The zero-order valence-corrected chi connectivity index (χ0v) is 9.61. The van der Waals surface area contributed by atoms with Crippen molar-refractivity contribution in [2.45, 2.75) is 33.1 Å². The van der Waals surface area contributed by atoms with E-state index in [1.165, 1.54) is 32.4 Å². The Bertz CT molecular complexity index is 83.8. The van der Waals surface area contributed by atoms with Crippen LogP contribution in [0.2, 0.25) is 0 Å². The van der Waals surface area contributed by atoms with Crippen LogP contribution in [0.1, 0.15) is 33.1 Å². The molecule has 0 aromatic rings. The number of hydrogen-bond donors (Lipinski definition) is 1. The van der Waals surface area contributed by atoms with Crippen molar-refractivity contribution < 1.29 is 0 Å². The maximum Gasteiger partial charge on any atom is -0.00192 e. The second kappa shape index (κ2) is 7.93. The van der Waals surface area contributed by atoms with Crippen LogP contribution in [0.5, 0.6) is 0 Å². The lowest BCUT2D eigenvalue weighted by molar-refractivity contribution is 0.304.